The summed E-state index contributed by atoms with van der Waals surface area (Å²) in [5.41, 5.74) is 2.69. The van der Waals surface area contributed by atoms with Gasteiger partial charge in [0.25, 0.3) is 0 Å². The molecule has 2 aliphatic carbocycles. The Kier molecular flexibility index (Phi) is 4.96. The minimum Gasteiger partial charge on any atom is -0.392 e. The van der Waals surface area contributed by atoms with Crippen molar-refractivity contribution in [3.8, 4) is 0 Å². The zero-order valence-electron chi connectivity index (χ0n) is 15.9. The number of amides is 2. The topological polar surface area (TPSA) is 52.6 Å². The number of benzene rings is 1. The molecule has 1 aliphatic heterocycles. The molecule has 0 radical (unpaired) electrons. The third-order valence-electron chi connectivity index (χ3n) is 7.37. The van der Waals surface area contributed by atoms with Gasteiger partial charge in [0.1, 0.15) is 0 Å². The van der Waals surface area contributed by atoms with Crippen molar-refractivity contribution < 1.29 is 9.90 Å². The van der Waals surface area contributed by atoms with Crippen LogP contribution in [0.5, 0.6) is 0 Å². The van der Waals surface area contributed by atoms with E-state index in [9.17, 15) is 9.90 Å². The van der Waals surface area contributed by atoms with E-state index in [0.29, 0.717) is 17.4 Å². The molecule has 1 aromatic carbocycles. The standard InChI is InChI=1S/C22H32N2O2/c1-16(22-11-5-4-7-19(22)14-22)23-21(26)24-12-9-17(10-13-24)20-8-3-2-6-18(20)15-25/h2-3,6,8,16-17,19,25H,4-5,7,9-15H2,1H3,(H,23,26). The van der Waals surface area contributed by atoms with Crippen molar-refractivity contribution in [2.45, 2.75) is 70.4 Å². The molecule has 0 spiro atoms. The number of rotatable bonds is 4. The number of piperidine rings is 1. The minimum atomic E-state index is 0.0949. The van der Waals surface area contributed by atoms with Gasteiger partial charge in [-0.25, -0.2) is 4.79 Å². The van der Waals surface area contributed by atoms with E-state index >= 15 is 0 Å². The molecule has 1 heterocycles. The van der Waals surface area contributed by atoms with Crippen LogP contribution in [0.15, 0.2) is 24.3 Å². The summed E-state index contributed by atoms with van der Waals surface area (Å²) in [4.78, 5) is 14.7. The van der Waals surface area contributed by atoms with Gasteiger partial charge in [-0.1, -0.05) is 37.1 Å². The molecule has 0 aromatic heterocycles. The highest BCUT2D eigenvalue weighted by Crippen LogP contribution is 2.63. The number of urea groups is 1. The summed E-state index contributed by atoms with van der Waals surface area (Å²) < 4.78 is 0. The first-order chi connectivity index (χ1) is 12.6. The normalized spacial score (nSPS) is 29.8. The predicted molar refractivity (Wildman–Crippen MR) is 103 cm³/mol. The molecule has 2 N–H and O–H groups in total. The smallest absolute Gasteiger partial charge is 0.317 e. The molecule has 1 aromatic rings. The number of carbonyl (C=O) groups is 1. The third kappa shape index (κ3) is 3.24. The maximum absolute atomic E-state index is 12.8. The van der Waals surface area contributed by atoms with Crippen LogP contribution in [0.1, 0.15) is 68.9 Å². The Labute approximate surface area is 157 Å². The van der Waals surface area contributed by atoms with E-state index in [-0.39, 0.29) is 12.6 Å². The summed E-state index contributed by atoms with van der Waals surface area (Å²) in [5, 5.41) is 12.9. The molecular weight excluding hydrogens is 324 g/mol. The lowest BCUT2D eigenvalue weighted by molar-refractivity contribution is 0.167. The first-order valence-corrected chi connectivity index (χ1v) is 10.4. The average molecular weight is 357 g/mol. The van der Waals surface area contributed by atoms with Crippen LogP contribution in [0.25, 0.3) is 0 Å². The van der Waals surface area contributed by atoms with Gasteiger partial charge in [-0.3, -0.25) is 0 Å². The average Bonchev–Trinajstić information content (AvgIpc) is 3.44. The number of aliphatic hydroxyl groups excluding tert-OH is 1. The molecule has 3 fully saturated rings. The van der Waals surface area contributed by atoms with Crippen molar-refractivity contribution in [2.75, 3.05) is 13.1 Å². The van der Waals surface area contributed by atoms with Gasteiger partial charge in [0.2, 0.25) is 0 Å². The lowest BCUT2D eigenvalue weighted by atomic mass is 9.83. The van der Waals surface area contributed by atoms with E-state index in [1.54, 1.807) is 0 Å². The Morgan fingerprint density at radius 1 is 1.27 bits per heavy atom. The highest BCUT2D eigenvalue weighted by molar-refractivity contribution is 5.74. The van der Waals surface area contributed by atoms with Crippen LogP contribution in [-0.2, 0) is 6.61 Å². The highest BCUT2D eigenvalue weighted by Gasteiger charge is 2.58. The van der Waals surface area contributed by atoms with E-state index in [4.69, 9.17) is 0 Å². The van der Waals surface area contributed by atoms with E-state index in [1.807, 2.05) is 23.1 Å². The lowest BCUT2D eigenvalue weighted by Crippen LogP contribution is -2.49. The Morgan fingerprint density at radius 3 is 2.77 bits per heavy atom. The quantitative estimate of drug-likeness (QED) is 0.855. The maximum Gasteiger partial charge on any atom is 0.317 e. The fraction of sp³-hybridized carbons (Fsp3) is 0.682. The second-order valence-corrected chi connectivity index (χ2v) is 8.67. The maximum atomic E-state index is 12.8. The number of aliphatic hydroxyl groups is 1. The fourth-order valence-corrected chi connectivity index (χ4v) is 5.58. The first kappa shape index (κ1) is 17.8. The summed E-state index contributed by atoms with van der Waals surface area (Å²) >= 11 is 0. The second kappa shape index (κ2) is 7.22. The SMILES string of the molecule is CC(NC(=O)N1CCC(c2ccccc2CO)CC1)C12CCCCC1C2. The Balaban J connectivity index is 1.31. The lowest BCUT2D eigenvalue weighted by Gasteiger charge is -2.35. The Morgan fingerprint density at radius 2 is 2.04 bits per heavy atom. The van der Waals surface area contributed by atoms with Gasteiger partial charge in [0.15, 0.2) is 0 Å². The molecule has 0 bridgehead atoms. The van der Waals surface area contributed by atoms with Crippen LogP contribution in [-0.4, -0.2) is 35.2 Å². The summed E-state index contributed by atoms with van der Waals surface area (Å²) in [7, 11) is 0. The van der Waals surface area contributed by atoms with Gasteiger partial charge in [0.05, 0.1) is 6.61 Å². The van der Waals surface area contributed by atoms with Gasteiger partial charge in [-0.2, -0.15) is 0 Å². The summed E-state index contributed by atoms with van der Waals surface area (Å²) in [6, 6.07) is 8.58. The summed E-state index contributed by atoms with van der Waals surface area (Å²) in [5.74, 6) is 1.30. The molecule has 26 heavy (non-hydrogen) atoms. The minimum absolute atomic E-state index is 0.0949. The molecule has 3 aliphatic rings. The molecular formula is C22H32N2O2. The third-order valence-corrected chi connectivity index (χ3v) is 7.37. The number of likely N-dealkylation sites (tertiary alicyclic amines) is 1. The molecule has 4 heteroatoms. The number of nitrogens with one attached hydrogen (secondary N) is 1. The molecule has 4 rings (SSSR count). The van der Waals surface area contributed by atoms with Crippen LogP contribution in [0.4, 0.5) is 4.79 Å². The van der Waals surface area contributed by atoms with Crippen LogP contribution < -0.4 is 5.32 Å². The van der Waals surface area contributed by atoms with E-state index < -0.39 is 0 Å². The van der Waals surface area contributed by atoms with E-state index in [2.05, 4.69) is 18.3 Å². The summed E-state index contributed by atoms with van der Waals surface area (Å²) in [6.45, 7) is 3.92. The first-order valence-electron chi connectivity index (χ1n) is 10.4. The summed E-state index contributed by atoms with van der Waals surface area (Å²) in [6.07, 6.45) is 8.62. The Hall–Kier alpha value is -1.55. The molecule has 2 amide bonds. The van der Waals surface area contributed by atoms with Gasteiger partial charge in [-0.15, -0.1) is 0 Å². The van der Waals surface area contributed by atoms with Crippen LogP contribution in [0.3, 0.4) is 0 Å². The van der Waals surface area contributed by atoms with E-state index in [1.165, 1.54) is 37.7 Å². The van der Waals surface area contributed by atoms with Gasteiger partial charge < -0.3 is 15.3 Å². The molecule has 3 atom stereocenters. The monoisotopic (exact) mass is 356 g/mol. The van der Waals surface area contributed by atoms with Crippen LogP contribution in [0.2, 0.25) is 0 Å². The number of hydrogen-bond acceptors (Lipinski definition) is 2. The molecule has 3 unspecified atom stereocenters. The molecule has 1 saturated heterocycles. The van der Waals surface area contributed by atoms with Gasteiger partial charge >= 0.3 is 6.03 Å². The fourth-order valence-electron chi connectivity index (χ4n) is 5.58. The molecule has 142 valence electrons. The van der Waals surface area contributed by atoms with Crippen LogP contribution in [0, 0.1) is 11.3 Å². The van der Waals surface area contributed by atoms with Crippen molar-refractivity contribution in [2.24, 2.45) is 11.3 Å². The molecule has 4 nitrogen and oxygen atoms in total. The van der Waals surface area contributed by atoms with Crippen molar-refractivity contribution in [1.29, 1.82) is 0 Å². The second-order valence-electron chi connectivity index (χ2n) is 8.67. The van der Waals surface area contributed by atoms with Gasteiger partial charge in [0, 0.05) is 19.1 Å². The largest absolute Gasteiger partial charge is 0.392 e. The zero-order valence-corrected chi connectivity index (χ0v) is 15.9. The zero-order chi connectivity index (χ0) is 18.1. The van der Waals surface area contributed by atoms with Crippen molar-refractivity contribution in [3.63, 3.8) is 0 Å². The Bertz CT molecular complexity index is 653. The highest BCUT2D eigenvalue weighted by atomic mass is 16.3. The predicted octanol–water partition coefficient (Wildman–Crippen LogP) is 4.04. The van der Waals surface area contributed by atoms with Gasteiger partial charge in [-0.05, 0) is 67.4 Å². The van der Waals surface area contributed by atoms with E-state index in [0.717, 1.165) is 37.4 Å². The van der Waals surface area contributed by atoms with Crippen molar-refractivity contribution in [3.05, 3.63) is 35.4 Å². The number of carbonyl (C=O) groups excluding carboxylic acids is 1. The van der Waals surface area contributed by atoms with Crippen LogP contribution >= 0.6 is 0 Å². The van der Waals surface area contributed by atoms with Crippen molar-refractivity contribution >= 4 is 6.03 Å². The number of nitrogens with zero attached hydrogens (tertiary/aromatic N) is 1. The van der Waals surface area contributed by atoms with Crippen molar-refractivity contribution in [1.82, 2.24) is 10.2 Å². The molecule has 2 saturated carbocycles. The number of fused-ring (bicyclic) bond motifs is 1. The number of hydrogen-bond donors (Lipinski definition) is 2.